The van der Waals surface area contributed by atoms with Gasteiger partial charge in [0.2, 0.25) is 0 Å². The Bertz CT molecular complexity index is 1020. The number of H-pyrrole nitrogens is 1. The molecule has 0 aliphatic carbocycles. The average Bonchev–Trinajstić information content (AvgIpc) is 3.29. The van der Waals surface area contributed by atoms with E-state index in [4.69, 9.17) is 5.26 Å². The van der Waals surface area contributed by atoms with Crippen molar-refractivity contribution in [2.75, 3.05) is 31.1 Å². The van der Waals surface area contributed by atoms with Gasteiger partial charge in [-0.3, -0.25) is 10.00 Å². The summed E-state index contributed by atoms with van der Waals surface area (Å²) in [6.07, 6.45) is 4.14. The highest BCUT2D eigenvalue weighted by atomic mass is 19.1. The summed E-state index contributed by atoms with van der Waals surface area (Å²) in [6, 6.07) is 5.49. The molecule has 5 rings (SSSR count). The van der Waals surface area contributed by atoms with Crippen LogP contribution >= 0.6 is 0 Å². The predicted octanol–water partition coefficient (Wildman–Crippen LogP) is 2.41. The molecule has 126 valence electrons. The second-order valence-corrected chi connectivity index (χ2v) is 6.84. The lowest BCUT2D eigenvalue weighted by Gasteiger charge is -2.38. The van der Waals surface area contributed by atoms with E-state index in [9.17, 15) is 4.39 Å². The van der Waals surface area contributed by atoms with Gasteiger partial charge >= 0.3 is 0 Å². The van der Waals surface area contributed by atoms with Crippen LogP contribution in [0.4, 0.5) is 10.2 Å². The van der Waals surface area contributed by atoms with Crippen LogP contribution in [0.3, 0.4) is 0 Å². The standard InChI is InChI=1S/C18H17FN6/c19-15-7-11(8-20)6-13-14-9-21-23-17(14)18(22-16(13)15)25-5-4-24-3-1-2-12(24)10-25/h6-7,9,12H,1-5,10H2,(H,21,23). The molecule has 25 heavy (non-hydrogen) atoms. The number of fused-ring (bicyclic) bond motifs is 4. The number of halogens is 1. The van der Waals surface area contributed by atoms with Crippen molar-refractivity contribution in [3.63, 3.8) is 0 Å². The monoisotopic (exact) mass is 336 g/mol. The van der Waals surface area contributed by atoms with E-state index in [1.807, 2.05) is 6.07 Å². The first-order chi connectivity index (χ1) is 12.2. The average molecular weight is 336 g/mol. The second kappa shape index (κ2) is 5.39. The smallest absolute Gasteiger partial charge is 0.155 e. The second-order valence-electron chi connectivity index (χ2n) is 6.84. The SMILES string of the molecule is N#Cc1cc(F)c2nc(N3CCN4CCCC4C3)c3[nH]ncc3c2c1. The summed E-state index contributed by atoms with van der Waals surface area (Å²) in [5.74, 6) is 0.299. The van der Waals surface area contributed by atoms with Gasteiger partial charge in [-0.25, -0.2) is 9.37 Å². The molecule has 0 bridgehead atoms. The molecule has 1 aromatic carbocycles. The maximum atomic E-state index is 14.6. The normalized spacial score (nSPS) is 21.0. The van der Waals surface area contributed by atoms with Crippen molar-refractivity contribution in [3.8, 4) is 6.07 Å². The Morgan fingerprint density at radius 2 is 2.16 bits per heavy atom. The van der Waals surface area contributed by atoms with Gasteiger partial charge in [0.15, 0.2) is 11.6 Å². The summed E-state index contributed by atoms with van der Waals surface area (Å²) in [6.45, 7) is 3.97. The molecule has 1 unspecified atom stereocenters. The molecular weight excluding hydrogens is 319 g/mol. The number of nitrogens with zero attached hydrogens (tertiary/aromatic N) is 5. The van der Waals surface area contributed by atoms with Crippen LogP contribution in [-0.2, 0) is 0 Å². The minimum atomic E-state index is -0.460. The molecule has 2 saturated heterocycles. The summed E-state index contributed by atoms with van der Waals surface area (Å²) in [5, 5.41) is 17.7. The van der Waals surface area contributed by atoms with E-state index >= 15 is 0 Å². The number of rotatable bonds is 1. The number of aromatic amines is 1. The summed E-state index contributed by atoms with van der Waals surface area (Å²) in [7, 11) is 0. The van der Waals surface area contributed by atoms with Gasteiger partial charge < -0.3 is 4.90 Å². The summed E-state index contributed by atoms with van der Waals surface area (Å²) in [5.41, 5.74) is 1.41. The molecule has 6 nitrogen and oxygen atoms in total. The van der Waals surface area contributed by atoms with Gasteiger partial charge in [0.25, 0.3) is 0 Å². The van der Waals surface area contributed by atoms with Crippen LogP contribution in [0.25, 0.3) is 21.8 Å². The van der Waals surface area contributed by atoms with Crippen LogP contribution in [0.2, 0.25) is 0 Å². The van der Waals surface area contributed by atoms with Crippen LogP contribution < -0.4 is 4.90 Å². The van der Waals surface area contributed by atoms with Crippen LogP contribution in [0.1, 0.15) is 18.4 Å². The number of nitriles is 1. The van der Waals surface area contributed by atoms with E-state index in [1.165, 1.54) is 25.5 Å². The molecule has 2 aromatic heterocycles. The molecule has 3 aromatic rings. The Morgan fingerprint density at radius 1 is 1.24 bits per heavy atom. The molecule has 2 aliphatic rings. The van der Waals surface area contributed by atoms with E-state index in [1.54, 1.807) is 12.3 Å². The lowest BCUT2D eigenvalue weighted by molar-refractivity contribution is 0.230. The highest BCUT2D eigenvalue weighted by Crippen LogP contribution is 2.33. The van der Waals surface area contributed by atoms with E-state index in [0.29, 0.717) is 22.5 Å². The maximum Gasteiger partial charge on any atom is 0.155 e. The zero-order valence-electron chi connectivity index (χ0n) is 13.7. The third kappa shape index (κ3) is 2.18. The van der Waals surface area contributed by atoms with Gasteiger partial charge in [-0.2, -0.15) is 10.4 Å². The first kappa shape index (κ1) is 14.6. The fraction of sp³-hybridized carbons (Fsp3) is 0.389. The molecule has 2 aliphatic heterocycles. The molecule has 4 heterocycles. The lowest BCUT2D eigenvalue weighted by Crippen LogP contribution is -2.50. The third-order valence-electron chi connectivity index (χ3n) is 5.45. The molecule has 0 spiro atoms. The Hall–Kier alpha value is -2.72. The number of hydrogen-bond acceptors (Lipinski definition) is 5. The Kier molecular flexibility index (Phi) is 3.15. The molecule has 0 saturated carbocycles. The highest BCUT2D eigenvalue weighted by Gasteiger charge is 2.32. The van der Waals surface area contributed by atoms with Gasteiger partial charge in [-0.1, -0.05) is 0 Å². The van der Waals surface area contributed by atoms with Crippen molar-refractivity contribution >= 4 is 27.6 Å². The number of hydrogen-bond donors (Lipinski definition) is 1. The number of nitrogens with one attached hydrogen (secondary N) is 1. The fourth-order valence-electron chi connectivity index (χ4n) is 4.22. The molecule has 2 fully saturated rings. The Balaban J connectivity index is 1.69. The summed E-state index contributed by atoms with van der Waals surface area (Å²) < 4.78 is 14.6. The molecule has 1 N–H and O–H groups in total. The number of benzene rings is 1. The zero-order chi connectivity index (χ0) is 17.0. The minimum Gasteiger partial charge on any atom is -0.352 e. The van der Waals surface area contributed by atoms with E-state index in [-0.39, 0.29) is 0 Å². The first-order valence-electron chi connectivity index (χ1n) is 8.60. The lowest BCUT2D eigenvalue weighted by atomic mass is 10.1. The Morgan fingerprint density at radius 3 is 3.04 bits per heavy atom. The molecule has 7 heteroatoms. The predicted molar refractivity (Wildman–Crippen MR) is 92.9 cm³/mol. The van der Waals surface area contributed by atoms with Gasteiger partial charge in [0, 0.05) is 36.4 Å². The maximum absolute atomic E-state index is 14.6. The van der Waals surface area contributed by atoms with Crippen molar-refractivity contribution in [2.24, 2.45) is 0 Å². The van der Waals surface area contributed by atoms with Crippen LogP contribution in [0.15, 0.2) is 18.3 Å². The number of pyridine rings is 1. The molecule has 0 radical (unpaired) electrons. The minimum absolute atomic E-state index is 0.293. The number of piperazine rings is 1. The van der Waals surface area contributed by atoms with Gasteiger partial charge in [-0.15, -0.1) is 0 Å². The van der Waals surface area contributed by atoms with Crippen LogP contribution in [0, 0.1) is 17.1 Å². The van der Waals surface area contributed by atoms with Crippen LogP contribution in [-0.4, -0.2) is 52.3 Å². The Labute approximate surface area is 143 Å². The van der Waals surface area contributed by atoms with Gasteiger partial charge in [-0.05, 0) is 31.5 Å². The van der Waals surface area contributed by atoms with Crippen molar-refractivity contribution in [3.05, 3.63) is 29.7 Å². The van der Waals surface area contributed by atoms with E-state index in [2.05, 4.69) is 25.0 Å². The van der Waals surface area contributed by atoms with Crippen molar-refractivity contribution < 1.29 is 4.39 Å². The van der Waals surface area contributed by atoms with Crippen LogP contribution in [0.5, 0.6) is 0 Å². The van der Waals surface area contributed by atoms with Crippen molar-refractivity contribution in [1.82, 2.24) is 20.1 Å². The summed E-state index contributed by atoms with van der Waals surface area (Å²) >= 11 is 0. The summed E-state index contributed by atoms with van der Waals surface area (Å²) in [4.78, 5) is 9.41. The van der Waals surface area contributed by atoms with Gasteiger partial charge in [0.05, 0.1) is 17.8 Å². The zero-order valence-corrected chi connectivity index (χ0v) is 13.7. The largest absolute Gasteiger partial charge is 0.352 e. The molecular formula is C18H17FN6. The van der Waals surface area contributed by atoms with Crippen molar-refractivity contribution in [2.45, 2.75) is 18.9 Å². The fourth-order valence-corrected chi connectivity index (χ4v) is 4.22. The topological polar surface area (TPSA) is 71.8 Å². The molecule has 0 amide bonds. The first-order valence-corrected chi connectivity index (χ1v) is 8.60. The highest BCUT2D eigenvalue weighted by molar-refractivity contribution is 6.08. The third-order valence-corrected chi connectivity index (χ3v) is 5.45. The van der Waals surface area contributed by atoms with Gasteiger partial charge in [0.1, 0.15) is 11.0 Å². The quantitative estimate of drug-likeness (QED) is 0.739. The number of anilines is 1. The van der Waals surface area contributed by atoms with E-state index < -0.39 is 5.82 Å². The molecule has 1 atom stereocenters. The van der Waals surface area contributed by atoms with Crippen molar-refractivity contribution in [1.29, 1.82) is 5.26 Å². The van der Waals surface area contributed by atoms with E-state index in [0.717, 1.165) is 36.4 Å². The number of aromatic nitrogens is 3.